The fourth-order valence-electron chi connectivity index (χ4n) is 2.03. The number of ether oxygens (including phenoxy) is 1. The van der Waals surface area contributed by atoms with Crippen molar-refractivity contribution in [2.75, 3.05) is 0 Å². The summed E-state index contributed by atoms with van der Waals surface area (Å²) in [5, 5.41) is 2.75. The number of halogens is 3. The molecule has 0 unspecified atom stereocenters. The number of alkyl halides is 2. The van der Waals surface area contributed by atoms with E-state index in [9.17, 15) is 18.0 Å². The van der Waals surface area contributed by atoms with Gasteiger partial charge < -0.3 is 10.1 Å². The van der Waals surface area contributed by atoms with Crippen LogP contribution in [-0.4, -0.2) is 12.5 Å². The molecule has 0 radical (unpaired) electrons. The third-order valence-electron chi connectivity index (χ3n) is 3.26. The molecule has 0 aliphatic carbocycles. The van der Waals surface area contributed by atoms with Gasteiger partial charge in [-0.05, 0) is 48.4 Å². The number of hydrogen-bond donors (Lipinski definition) is 1. The Morgan fingerprint density at radius 1 is 1.08 bits per heavy atom. The summed E-state index contributed by atoms with van der Waals surface area (Å²) in [7, 11) is 0. The number of benzene rings is 2. The van der Waals surface area contributed by atoms with Crippen LogP contribution in [-0.2, 0) is 4.79 Å². The monoisotopic (exact) mass is 335 g/mol. The van der Waals surface area contributed by atoms with Crippen molar-refractivity contribution in [1.29, 1.82) is 0 Å². The molecule has 1 amide bonds. The zero-order chi connectivity index (χ0) is 17.5. The van der Waals surface area contributed by atoms with E-state index in [4.69, 9.17) is 0 Å². The molecule has 0 saturated heterocycles. The van der Waals surface area contributed by atoms with Crippen molar-refractivity contribution in [2.24, 2.45) is 0 Å². The van der Waals surface area contributed by atoms with Gasteiger partial charge in [-0.25, -0.2) is 4.39 Å². The minimum absolute atomic E-state index is 0.0523. The molecule has 2 aromatic carbocycles. The molecule has 0 aromatic heterocycles. The zero-order valence-electron chi connectivity index (χ0n) is 12.9. The van der Waals surface area contributed by atoms with E-state index in [1.54, 1.807) is 37.3 Å². The van der Waals surface area contributed by atoms with Gasteiger partial charge in [0.1, 0.15) is 11.6 Å². The first kappa shape index (κ1) is 17.6. The molecule has 0 bridgehead atoms. The molecule has 2 rings (SSSR count). The van der Waals surface area contributed by atoms with E-state index >= 15 is 0 Å². The fourth-order valence-corrected chi connectivity index (χ4v) is 2.03. The van der Waals surface area contributed by atoms with Gasteiger partial charge >= 0.3 is 6.61 Å². The van der Waals surface area contributed by atoms with Crippen LogP contribution < -0.4 is 10.1 Å². The maximum Gasteiger partial charge on any atom is 0.387 e. The molecule has 0 aliphatic heterocycles. The molecule has 0 aliphatic rings. The molecule has 126 valence electrons. The van der Waals surface area contributed by atoms with Gasteiger partial charge in [-0.15, -0.1) is 0 Å². The molecule has 0 spiro atoms. The molecule has 0 saturated carbocycles. The van der Waals surface area contributed by atoms with E-state index in [2.05, 4.69) is 10.1 Å². The lowest BCUT2D eigenvalue weighted by Gasteiger charge is -2.12. The average molecular weight is 335 g/mol. The Kier molecular flexibility index (Phi) is 6.01. The van der Waals surface area contributed by atoms with Crippen LogP contribution in [0.5, 0.6) is 5.75 Å². The minimum Gasteiger partial charge on any atom is -0.435 e. The van der Waals surface area contributed by atoms with Gasteiger partial charge in [-0.3, -0.25) is 4.79 Å². The normalized spacial score (nSPS) is 12.4. The van der Waals surface area contributed by atoms with Crippen molar-refractivity contribution in [3.63, 3.8) is 0 Å². The van der Waals surface area contributed by atoms with Crippen LogP contribution in [0.15, 0.2) is 54.6 Å². The second-order valence-corrected chi connectivity index (χ2v) is 5.06. The van der Waals surface area contributed by atoms with E-state index in [0.29, 0.717) is 5.56 Å². The maximum absolute atomic E-state index is 12.9. The minimum atomic E-state index is -2.87. The zero-order valence-corrected chi connectivity index (χ0v) is 12.9. The highest BCUT2D eigenvalue weighted by molar-refractivity contribution is 5.91. The van der Waals surface area contributed by atoms with Crippen LogP contribution in [0.4, 0.5) is 13.2 Å². The molecule has 1 N–H and O–H groups in total. The Hall–Kier alpha value is -2.76. The van der Waals surface area contributed by atoms with Gasteiger partial charge in [-0.2, -0.15) is 8.78 Å². The molecular formula is C18H16F3NO2. The summed E-state index contributed by atoms with van der Waals surface area (Å²) in [4.78, 5) is 11.9. The summed E-state index contributed by atoms with van der Waals surface area (Å²) in [5.74, 6) is -0.604. The summed E-state index contributed by atoms with van der Waals surface area (Å²) in [6.45, 7) is -1.08. The summed E-state index contributed by atoms with van der Waals surface area (Å²) in [5.41, 5.74) is 1.45. The molecule has 2 aromatic rings. The van der Waals surface area contributed by atoms with E-state index in [1.807, 2.05) is 0 Å². The maximum atomic E-state index is 12.9. The topological polar surface area (TPSA) is 38.3 Å². The van der Waals surface area contributed by atoms with Gasteiger partial charge in [0, 0.05) is 6.08 Å². The number of hydrogen-bond acceptors (Lipinski definition) is 2. The third-order valence-corrected chi connectivity index (χ3v) is 3.26. The number of carbonyl (C=O) groups excluding carboxylic acids is 1. The largest absolute Gasteiger partial charge is 0.435 e. The molecule has 24 heavy (non-hydrogen) atoms. The number of carbonyl (C=O) groups is 1. The van der Waals surface area contributed by atoms with Gasteiger partial charge in [0.15, 0.2) is 0 Å². The lowest BCUT2D eigenvalue weighted by molar-refractivity contribution is -0.117. The lowest BCUT2D eigenvalue weighted by Crippen LogP contribution is -2.24. The standard InChI is InChI=1S/C18H16F3NO2/c1-12(14-5-7-15(19)8-6-14)22-17(23)11-4-13-2-9-16(10-3-13)24-18(20)21/h2-12,18H,1H3,(H,22,23)/b11-4+/t12-/m1/s1. The highest BCUT2D eigenvalue weighted by Gasteiger charge is 2.07. The van der Waals surface area contributed by atoms with Crippen molar-refractivity contribution in [3.05, 3.63) is 71.6 Å². The number of nitrogens with one attached hydrogen (secondary N) is 1. The first-order valence-corrected chi connectivity index (χ1v) is 7.23. The highest BCUT2D eigenvalue weighted by Crippen LogP contribution is 2.16. The van der Waals surface area contributed by atoms with Crippen LogP contribution in [0.25, 0.3) is 6.08 Å². The Balaban J connectivity index is 1.91. The van der Waals surface area contributed by atoms with Crippen LogP contribution in [0, 0.1) is 5.82 Å². The summed E-state index contributed by atoms with van der Waals surface area (Å²) < 4.78 is 41.2. The molecule has 6 heteroatoms. The summed E-state index contributed by atoms with van der Waals surface area (Å²) in [6, 6.07) is 11.5. The van der Waals surface area contributed by atoms with Gasteiger partial charge in [0.25, 0.3) is 0 Å². The van der Waals surface area contributed by atoms with Crippen molar-refractivity contribution >= 4 is 12.0 Å². The van der Waals surface area contributed by atoms with Crippen LogP contribution in [0.1, 0.15) is 24.1 Å². The second-order valence-electron chi connectivity index (χ2n) is 5.06. The van der Waals surface area contributed by atoms with Crippen LogP contribution >= 0.6 is 0 Å². The Bertz CT molecular complexity index is 697. The predicted octanol–water partition coefficient (Wildman–Crippen LogP) is 4.32. The van der Waals surface area contributed by atoms with Crippen LogP contribution in [0.3, 0.4) is 0 Å². The van der Waals surface area contributed by atoms with Crippen LogP contribution in [0.2, 0.25) is 0 Å². The number of rotatable bonds is 6. The molecule has 1 atom stereocenters. The second kappa shape index (κ2) is 8.19. The van der Waals surface area contributed by atoms with Crippen molar-refractivity contribution in [2.45, 2.75) is 19.6 Å². The summed E-state index contributed by atoms with van der Waals surface area (Å²) >= 11 is 0. The van der Waals surface area contributed by atoms with E-state index < -0.39 is 6.61 Å². The van der Waals surface area contributed by atoms with Gasteiger partial charge in [0.2, 0.25) is 5.91 Å². The Labute approximate surface area is 137 Å². The van der Waals surface area contributed by atoms with Gasteiger partial charge in [-0.1, -0.05) is 24.3 Å². The predicted molar refractivity (Wildman–Crippen MR) is 85.1 cm³/mol. The molecule has 0 fully saturated rings. The third kappa shape index (κ3) is 5.46. The SMILES string of the molecule is C[C@@H](NC(=O)/C=C/c1ccc(OC(F)F)cc1)c1ccc(F)cc1. The molecule has 3 nitrogen and oxygen atoms in total. The van der Waals surface area contributed by atoms with Crippen molar-refractivity contribution in [3.8, 4) is 5.75 Å². The highest BCUT2D eigenvalue weighted by atomic mass is 19.3. The quantitative estimate of drug-likeness (QED) is 0.799. The Morgan fingerprint density at radius 3 is 2.29 bits per heavy atom. The van der Waals surface area contributed by atoms with Crippen molar-refractivity contribution in [1.82, 2.24) is 5.32 Å². The lowest BCUT2D eigenvalue weighted by atomic mass is 10.1. The molecular weight excluding hydrogens is 319 g/mol. The summed E-state index contributed by atoms with van der Waals surface area (Å²) in [6.07, 6.45) is 2.89. The van der Waals surface area contributed by atoms with Crippen molar-refractivity contribution < 1.29 is 22.7 Å². The average Bonchev–Trinajstić information content (AvgIpc) is 2.54. The van der Waals surface area contributed by atoms with E-state index in [0.717, 1.165) is 5.56 Å². The smallest absolute Gasteiger partial charge is 0.387 e. The molecule has 0 heterocycles. The van der Waals surface area contributed by atoms with E-state index in [-0.39, 0.29) is 23.5 Å². The Morgan fingerprint density at radius 2 is 1.71 bits per heavy atom. The fraction of sp³-hybridized carbons (Fsp3) is 0.167. The van der Waals surface area contributed by atoms with Gasteiger partial charge in [0.05, 0.1) is 6.04 Å². The first-order chi connectivity index (χ1) is 11.4. The first-order valence-electron chi connectivity index (χ1n) is 7.23. The number of amides is 1. The van der Waals surface area contributed by atoms with E-state index in [1.165, 1.54) is 30.3 Å².